The normalized spacial score (nSPS) is 22.6. The quantitative estimate of drug-likeness (QED) is 0.627. The van der Waals surface area contributed by atoms with Gasteiger partial charge in [0.2, 0.25) is 0 Å². The minimum absolute atomic E-state index is 0.0359. The first-order valence-electron chi connectivity index (χ1n) is 10.1. The van der Waals surface area contributed by atoms with Gasteiger partial charge in [0, 0.05) is 13.1 Å². The van der Waals surface area contributed by atoms with Gasteiger partial charge in [-0.2, -0.15) is 0 Å². The highest BCUT2D eigenvalue weighted by atomic mass is 16.2. The van der Waals surface area contributed by atoms with Crippen LogP contribution >= 0.6 is 0 Å². The SMILES string of the molecule is C[C@]1(c2ccc3c(c2)CCC3)NC(=O)N(CCN2C(=O)c3ccccc3C2=O)C1=O. The smallest absolute Gasteiger partial charge is 0.319 e. The van der Waals surface area contributed by atoms with E-state index in [-0.39, 0.29) is 19.0 Å². The Hall–Kier alpha value is -3.48. The maximum absolute atomic E-state index is 13.2. The third kappa shape index (κ3) is 2.58. The molecule has 2 aliphatic heterocycles. The first-order chi connectivity index (χ1) is 14.4. The van der Waals surface area contributed by atoms with Crippen molar-refractivity contribution in [3.8, 4) is 0 Å². The molecule has 7 heteroatoms. The second kappa shape index (κ2) is 6.52. The number of carbonyl (C=O) groups excluding carboxylic acids is 4. The van der Waals surface area contributed by atoms with E-state index in [0.29, 0.717) is 11.1 Å². The number of carbonyl (C=O) groups is 4. The average Bonchev–Trinajstić information content (AvgIpc) is 3.37. The lowest BCUT2D eigenvalue weighted by Crippen LogP contribution is -2.43. The lowest BCUT2D eigenvalue weighted by molar-refractivity contribution is -0.131. The molecule has 0 bridgehead atoms. The Morgan fingerprint density at radius 2 is 1.50 bits per heavy atom. The van der Waals surface area contributed by atoms with Crippen LogP contribution in [0.2, 0.25) is 0 Å². The topological polar surface area (TPSA) is 86.8 Å². The molecular formula is C23H21N3O4. The Kier molecular flexibility index (Phi) is 4.03. The average molecular weight is 403 g/mol. The van der Waals surface area contributed by atoms with E-state index in [1.807, 2.05) is 18.2 Å². The number of benzene rings is 2. The summed E-state index contributed by atoms with van der Waals surface area (Å²) >= 11 is 0. The van der Waals surface area contributed by atoms with E-state index < -0.39 is 23.4 Å². The van der Waals surface area contributed by atoms with E-state index in [1.54, 1.807) is 31.2 Å². The van der Waals surface area contributed by atoms with Gasteiger partial charge in [-0.3, -0.25) is 24.2 Å². The number of urea groups is 1. The molecule has 1 aliphatic carbocycles. The van der Waals surface area contributed by atoms with Crippen molar-refractivity contribution in [3.63, 3.8) is 0 Å². The molecule has 152 valence electrons. The van der Waals surface area contributed by atoms with Gasteiger partial charge in [-0.25, -0.2) is 4.79 Å². The standard InChI is InChI=1S/C23H21N3O4/c1-23(16-10-9-14-5-4-6-15(14)13-16)21(29)26(22(30)24-23)12-11-25-19(27)17-7-2-3-8-18(17)20(25)28/h2-3,7-10,13H,4-6,11-12H2,1H3,(H,24,30)/t23-/m1/s1. The lowest BCUT2D eigenvalue weighted by Gasteiger charge is -2.23. The molecule has 1 fully saturated rings. The van der Waals surface area contributed by atoms with Crippen molar-refractivity contribution >= 4 is 23.8 Å². The third-order valence-electron chi connectivity index (χ3n) is 6.38. The van der Waals surface area contributed by atoms with Gasteiger partial charge in [0.05, 0.1) is 11.1 Å². The van der Waals surface area contributed by atoms with Crippen molar-refractivity contribution in [2.24, 2.45) is 0 Å². The Balaban J connectivity index is 1.34. The Bertz CT molecular complexity index is 1090. The third-order valence-corrected chi connectivity index (χ3v) is 6.38. The number of hydrogen-bond donors (Lipinski definition) is 1. The van der Waals surface area contributed by atoms with Gasteiger partial charge in [-0.1, -0.05) is 30.3 Å². The molecule has 2 heterocycles. The van der Waals surface area contributed by atoms with E-state index in [4.69, 9.17) is 0 Å². The molecule has 0 aromatic heterocycles. The summed E-state index contributed by atoms with van der Waals surface area (Å²) in [4.78, 5) is 53.0. The molecule has 5 rings (SSSR count). The maximum atomic E-state index is 13.2. The number of imide groups is 2. The molecule has 5 amide bonds. The highest BCUT2D eigenvalue weighted by Gasteiger charge is 2.49. The van der Waals surface area contributed by atoms with Crippen molar-refractivity contribution in [1.29, 1.82) is 0 Å². The van der Waals surface area contributed by atoms with Crippen molar-refractivity contribution in [2.75, 3.05) is 13.1 Å². The van der Waals surface area contributed by atoms with Crippen LogP contribution in [0.1, 0.15) is 50.8 Å². The van der Waals surface area contributed by atoms with Gasteiger partial charge in [0.15, 0.2) is 0 Å². The molecular weight excluding hydrogens is 382 g/mol. The summed E-state index contributed by atoms with van der Waals surface area (Å²) in [6, 6.07) is 12.0. The summed E-state index contributed by atoms with van der Waals surface area (Å²) in [6.45, 7) is 1.62. The summed E-state index contributed by atoms with van der Waals surface area (Å²) in [7, 11) is 0. The minimum atomic E-state index is -1.16. The number of amides is 5. The predicted octanol–water partition coefficient (Wildman–Crippen LogP) is 2.24. The number of rotatable bonds is 4. The van der Waals surface area contributed by atoms with E-state index in [9.17, 15) is 19.2 Å². The zero-order valence-corrected chi connectivity index (χ0v) is 16.6. The molecule has 0 saturated carbocycles. The second-order valence-electron chi connectivity index (χ2n) is 8.16. The minimum Gasteiger partial charge on any atom is -0.319 e. The number of hydrogen-bond acceptors (Lipinski definition) is 4. The van der Waals surface area contributed by atoms with Crippen LogP contribution in [0.15, 0.2) is 42.5 Å². The Labute approximate surface area is 173 Å². The van der Waals surface area contributed by atoms with Crippen LogP contribution in [0.4, 0.5) is 4.79 Å². The summed E-state index contributed by atoms with van der Waals surface area (Å²) in [5.41, 5.74) is 2.81. The van der Waals surface area contributed by atoms with E-state index in [1.165, 1.54) is 11.1 Å². The highest BCUT2D eigenvalue weighted by Crippen LogP contribution is 2.32. The molecule has 0 unspecified atom stereocenters. The zero-order valence-electron chi connectivity index (χ0n) is 16.6. The summed E-state index contributed by atoms with van der Waals surface area (Å²) in [6.07, 6.45) is 3.12. The zero-order chi connectivity index (χ0) is 21.0. The first kappa shape index (κ1) is 18.5. The van der Waals surface area contributed by atoms with E-state index in [0.717, 1.165) is 34.6 Å². The predicted molar refractivity (Wildman–Crippen MR) is 108 cm³/mol. The van der Waals surface area contributed by atoms with Gasteiger partial charge in [0.1, 0.15) is 5.54 Å². The van der Waals surface area contributed by atoms with Crippen LogP contribution in [-0.4, -0.2) is 46.6 Å². The molecule has 1 atom stereocenters. The van der Waals surface area contributed by atoms with Crippen LogP contribution in [-0.2, 0) is 23.2 Å². The molecule has 7 nitrogen and oxygen atoms in total. The largest absolute Gasteiger partial charge is 0.325 e. The van der Waals surface area contributed by atoms with Crippen LogP contribution in [0.5, 0.6) is 0 Å². The lowest BCUT2D eigenvalue weighted by atomic mass is 9.89. The van der Waals surface area contributed by atoms with Crippen molar-refractivity contribution < 1.29 is 19.2 Å². The van der Waals surface area contributed by atoms with Gasteiger partial charge in [0.25, 0.3) is 17.7 Å². The molecule has 1 saturated heterocycles. The van der Waals surface area contributed by atoms with Crippen molar-refractivity contribution in [3.05, 3.63) is 70.3 Å². The van der Waals surface area contributed by atoms with Gasteiger partial charge in [-0.15, -0.1) is 0 Å². The molecule has 30 heavy (non-hydrogen) atoms. The fourth-order valence-electron chi connectivity index (χ4n) is 4.62. The number of fused-ring (bicyclic) bond motifs is 2. The number of aryl methyl sites for hydroxylation is 2. The summed E-state index contributed by atoms with van der Waals surface area (Å²) in [5.74, 6) is -1.17. The van der Waals surface area contributed by atoms with Crippen LogP contribution < -0.4 is 5.32 Å². The van der Waals surface area contributed by atoms with Gasteiger partial charge in [-0.05, 0) is 55.0 Å². The molecule has 2 aromatic carbocycles. The highest BCUT2D eigenvalue weighted by molar-refractivity contribution is 6.21. The fraction of sp³-hybridized carbons (Fsp3) is 0.304. The van der Waals surface area contributed by atoms with Crippen LogP contribution in [0, 0.1) is 0 Å². The molecule has 0 radical (unpaired) electrons. The Morgan fingerprint density at radius 3 is 2.20 bits per heavy atom. The van der Waals surface area contributed by atoms with Crippen molar-refractivity contribution in [2.45, 2.75) is 31.7 Å². The second-order valence-corrected chi connectivity index (χ2v) is 8.16. The number of nitrogens with zero attached hydrogens (tertiary/aromatic N) is 2. The number of nitrogens with one attached hydrogen (secondary N) is 1. The summed E-state index contributed by atoms with van der Waals surface area (Å²) < 4.78 is 0. The molecule has 0 spiro atoms. The Morgan fingerprint density at radius 1 is 0.867 bits per heavy atom. The monoisotopic (exact) mass is 403 g/mol. The maximum Gasteiger partial charge on any atom is 0.325 e. The fourth-order valence-corrected chi connectivity index (χ4v) is 4.62. The van der Waals surface area contributed by atoms with Crippen LogP contribution in [0.25, 0.3) is 0 Å². The molecule has 1 N–H and O–H groups in total. The van der Waals surface area contributed by atoms with E-state index >= 15 is 0 Å². The van der Waals surface area contributed by atoms with Crippen LogP contribution in [0.3, 0.4) is 0 Å². The molecule has 3 aliphatic rings. The van der Waals surface area contributed by atoms with E-state index in [2.05, 4.69) is 5.32 Å². The van der Waals surface area contributed by atoms with Gasteiger partial charge >= 0.3 is 6.03 Å². The van der Waals surface area contributed by atoms with Crippen molar-refractivity contribution in [1.82, 2.24) is 15.1 Å². The first-order valence-corrected chi connectivity index (χ1v) is 10.1. The van der Waals surface area contributed by atoms with Gasteiger partial charge < -0.3 is 5.32 Å². The summed E-state index contributed by atoms with van der Waals surface area (Å²) in [5, 5.41) is 2.80. The molecule has 2 aromatic rings.